The number of amidine groups is 1. The van der Waals surface area contributed by atoms with E-state index in [1.165, 1.54) is 11.8 Å². The van der Waals surface area contributed by atoms with Crippen LogP contribution >= 0.6 is 11.8 Å². The first-order valence-electron chi connectivity index (χ1n) is 4.23. The molecule has 82 valence electrons. The molecule has 0 unspecified atom stereocenters. The fraction of sp³-hybridized carbons (Fsp3) is 0.200. The largest absolute Gasteiger partial charge is 1.00 e. The Hall–Kier alpha value is -0.560. The number of carbonyl (C=O) groups is 1. The van der Waals surface area contributed by atoms with Crippen molar-refractivity contribution in [1.82, 2.24) is 5.32 Å². The van der Waals surface area contributed by atoms with Gasteiger partial charge in [0.25, 0.3) is 0 Å². The van der Waals surface area contributed by atoms with E-state index in [0.29, 0.717) is 5.56 Å². The number of hydrogen-bond acceptors (Lipinski definition) is 2. The second kappa shape index (κ2) is 7.70. The summed E-state index contributed by atoms with van der Waals surface area (Å²) in [5.74, 6) is -0.0932. The number of amides is 1. The minimum atomic E-state index is -0.0932. The van der Waals surface area contributed by atoms with Crippen molar-refractivity contribution in [2.75, 3.05) is 13.3 Å². The molecule has 0 aliphatic heterocycles. The third-order valence-corrected chi connectivity index (χ3v) is 2.41. The molecule has 0 bridgehead atoms. The maximum absolute atomic E-state index is 11.6. The van der Waals surface area contributed by atoms with E-state index >= 15 is 0 Å². The SMILES string of the molecule is C[NH+]=C(NC(=O)c1ccccc1)SC.[I-]. The van der Waals surface area contributed by atoms with Gasteiger partial charge in [-0.05, 0) is 30.2 Å². The van der Waals surface area contributed by atoms with Crippen molar-refractivity contribution in [3.8, 4) is 0 Å². The lowest BCUT2D eigenvalue weighted by atomic mass is 10.2. The second-order valence-electron chi connectivity index (χ2n) is 2.60. The lowest BCUT2D eigenvalue weighted by Gasteiger charge is -1.97. The molecule has 3 nitrogen and oxygen atoms in total. The summed E-state index contributed by atoms with van der Waals surface area (Å²) < 4.78 is 0. The van der Waals surface area contributed by atoms with Crippen molar-refractivity contribution < 1.29 is 33.8 Å². The van der Waals surface area contributed by atoms with Crippen LogP contribution in [0.3, 0.4) is 0 Å². The van der Waals surface area contributed by atoms with Gasteiger partial charge in [-0.1, -0.05) is 18.2 Å². The third kappa shape index (κ3) is 4.65. The zero-order valence-corrected chi connectivity index (χ0v) is 11.6. The molecule has 0 saturated heterocycles. The molecule has 0 aromatic heterocycles. The van der Waals surface area contributed by atoms with Gasteiger partial charge in [-0.25, -0.2) is 10.1 Å². The highest BCUT2D eigenvalue weighted by Crippen LogP contribution is 1.98. The van der Waals surface area contributed by atoms with E-state index in [0.717, 1.165) is 5.17 Å². The minimum Gasteiger partial charge on any atom is -1.00 e. The van der Waals surface area contributed by atoms with Gasteiger partial charge < -0.3 is 24.0 Å². The van der Waals surface area contributed by atoms with E-state index in [2.05, 4.69) is 10.3 Å². The summed E-state index contributed by atoms with van der Waals surface area (Å²) >= 11 is 1.47. The Morgan fingerprint density at radius 3 is 2.40 bits per heavy atom. The molecule has 0 aliphatic carbocycles. The number of carbonyl (C=O) groups excluding carboxylic acids is 1. The van der Waals surface area contributed by atoms with Crippen LogP contribution in [-0.2, 0) is 0 Å². The van der Waals surface area contributed by atoms with Crippen molar-refractivity contribution in [3.63, 3.8) is 0 Å². The quantitative estimate of drug-likeness (QED) is 0.323. The van der Waals surface area contributed by atoms with E-state index in [9.17, 15) is 4.79 Å². The van der Waals surface area contributed by atoms with E-state index in [-0.39, 0.29) is 29.9 Å². The van der Waals surface area contributed by atoms with Crippen LogP contribution in [0.2, 0.25) is 0 Å². The fourth-order valence-corrected chi connectivity index (χ4v) is 1.38. The lowest BCUT2D eigenvalue weighted by Crippen LogP contribution is -3.00. The Kier molecular flexibility index (Phi) is 7.41. The number of halogens is 1. The van der Waals surface area contributed by atoms with Gasteiger partial charge in [-0.3, -0.25) is 4.99 Å². The van der Waals surface area contributed by atoms with Crippen LogP contribution in [0.15, 0.2) is 30.3 Å². The molecule has 1 aromatic carbocycles. The molecule has 0 aliphatic rings. The molecular formula is C10H13IN2OS. The smallest absolute Gasteiger partial charge is 0.339 e. The average Bonchev–Trinajstić information content (AvgIpc) is 2.26. The Morgan fingerprint density at radius 1 is 1.33 bits per heavy atom. The standard InChI is InChI=1S/C10H12N2OS.HI/c1-11-10(14-2)12-9(13)8-6-4-3-5-7-8;/h3-7H,1-2H3,(H,11,12,13);1H. The van der Waals surface area contributed by atoms with Crippen molar-refractivity contribution in [2.24, 2.45) is 0 Å². The average molecular weight is 336 g/mol. The number of nitrogens with one attached hydrogen (secondary N) is 2. The highest BCUT2D eigenvalue weighted by atomic mass is 127. The van der Waals surface area contributed by atoms with E-state index in [4.69, 9.17) is 0 Å². The predicted octanol–water partition coefficient (Wildman–Crippen LogP) is -3.15. The van der Waals surface area contributed by atoms with Gasteiger partial charge in [0.15, 0.2) is 0 Å². The molecule has 1 aromatic rings. The number of hydrogen-bond donors (Lipinski definition) is 2. The van der Waals surface area contributed by atoms with Crippen molar-refractivity contribution in [3.05, 3.63) is 35.9 Å². The van der Waals surface area contributed by atoms with Gasteiger partial charge in [-0.2, -0.15) is 0 Å². The van der Waals surface area contributed by atoms with E-state index < -0.39 is 0 Å². The summed E-state index contributed by atoms with van der Waals surface area (Å²) in [6, 6.07) is 9.13. The van der Waals surface area contributed by atoms with Crippen LogP contribution in [0.1, 0.15) is 10.4 Å². The molecule has 5 heteroatoms. The van der Waals surface area contributed by atoms with Crippen LogP contribution in [0.25, 0.3) is 0 Å². The number of benzene rings is 1. The van der Waals surface area contributed by atoms with Gasteiger partial charge in [0.2, 0.25) is 0 Å². The fourth-order valence-electron chi connectivity index (χ4n) is 0.980. The Morgan fingerprint density at radius 2 is 1.93 bits per heavy atom. The third-order valence-electron chi connectivity index (χ3n) is 1.69. The van der Waals surface area contributed by atoms with E-state index in [1.54, 1.807) is 19.2 Å². The van der Waals surface area contributed by atoms with Gasteiger partial charge in [0, 0.05) is 0 Å². The summed E-state index contributed by atoms with van der Waals surface area (Å²) in [7, 11) is 1.77. The molecule has 0 atom stereocenters. The molecule has 0 radical (unpaired) electrons. The van der Waals surface area contributed by atoms with Gasteiger partial charge in [-0.15, -0.1) is 0 Å². The summed E-state index contributed by atoms with van der Waals surface area (Å²) in [5, 5.41) is 3.51. The second-order valence-corrected chi connectivity index (χ2v) is 3.42. The van der Waals surface area contributed by atoms with Gasteiger partial charge in [0.1, 0.15) is 0 Å². The first-order valence-corrected chi connectivity index (χ1v) is 5.45. The zero-order valence-electron chi connectivity index (χ0n) is 8.58. The molecule has 1 amide bonds. The van der Waals surface area contributed by atoms with E-state index in [1.807, 2.05) is 24.5 Å². The normalized spacial score (nSPS) is 10.4. The van der Waals surface area contributed by atoms with Crippen LogP contribution in [0.5, 0.6) is 0 Å². The maximum atomic E-state index is 11.6. The summed E-state index contributed by atoms with van der Waals surface area (Å²) in [5.41, 5.74) is 0.661. The summed E-state index contributed by atoms with van der Waals surface area (Å²) in [4.78, 5) is 14.5. The highest BCUT2D eigenvalue weighted by Gasteiger charge is 2.12. The van der Waals surface area contributed by atoms with Crippen LogP contribution < -0.4 is 34.3 Å². The topological polar surface area (TPSA) is 43.1 Å². The first-order chi connectivity index (χ1) is 6.77. The minimum absolute atomic E-state index is 0. The van der Waals surface area contributed by atoms with Crippen LogP contribution in [-0.4, -0.2) is 24.4 Å². The maximum Gasteiger partial charge on any atom is 0.339 e. The molecule has 2 N–H and O–H groups in total. The monoisotopic (exact) mass is 336 g/mol. The first kappa shape index (κ1) is 14.4. The molecule has 0 fully saturated rings. The van der Waals surface area contributed by atoms with Gasteiger partial charge >= 0.3 is 11.1 Å². The molecule has 0 spiro atoms. The van der Waals surface area contributed by atoms with Crippen molar-refractivity contribution in [1.29, 1.82) is 0 Å². The summed E-state index contributed by atoms with van der Waals surface area (Å²) in [6.45, 7) is 0. The molecular weight excluding hydrogens is 323 g/mol. The Labute approximate surface area is 111 Å². The molecule has 1 rings (SSSR count). The Bertz CT molecular complexity index is 341. The van der Waals surface area contributed by atoms with Crippen LogP contribution in [0, 0.1) is 0 Å². The number of thioether (sulfide) groups is 1. The predicted molar refractivity (Wildman–Crippen MR) is 59.3 cm³/mol. The van der Waals surface area contributed by atoms with Crippen LogP contribution in [0.4, 0.5) is 0 Å². The van der Waals surface area contributed by atoms with Crippen molar-refractivity contribution >= 4 is 22.8 Å². The van der Waals surface area contributed by atoms with Crippen molar-refractivity contribution in [2.45, 2.75) is 0 Å². The molecule has 0 heterocycles. The summed E-state index contributed by atoms with van der Waals surface area (Å²) in [6.07, 6.45) is 1.90. The van der Waals surface area contributed by atoms with Gasteiger partial charge in [0.05, 0.1) is 12.6 Å². The molecule has 15 heavy (non-hydrogen) atoms. The molecule has 0 saturated carbocycles. The highest BCUT2D eigenvalue weighted by molar-refractivity contribution is 8.13. The number of rotatable bonds is 1. The Balaban J connectivity index is 0.00000196. The lowest BCUT2D eigenvalue weighted by molar-refractivity contribution is -0.418. The zero-order chi connectivity index (χ0) is 10.4.